The zero-order chi connectivity index (χ0) is 22.6. The van der Waals surface area contributed by atoms with Gasteiger partial charge in [-0.1, -0.05) is 35.5 Å². The summed E-state index contributed by atoms with van der Waals surface area (Å²) < 4.78 is 55.3. The Morgan fingerprint density at radius 3 is 2.68 bits per heavy atom. The summed E-state index contributed by atoms with van der Waals surface area (Å²) in [6.07, 6.45) is 0.628. The minimum atomic E-state index is -4.81. The quantitative estimate of drug-likeness (QED) is 0.440. The van der Waals surface area contributed by atoms with Crippen molar-refractivity contribution in [3.05, 3.63) is 64.4 Å². The summed E-state index contributed by atoms with van der Waals surface area (Å²) in [7, 11) is 0. The Bertz CT molecular complexity index is 1140. The van der Waals surface area contributed by atoms with Crippen LogP contribution in [0.25, 0.3) is 10.6 Å². The lowest BCUT2D eigenvalue weighted by Crippen LogP contribution is -2.27. The highest BCUT2D eigenvalue weighted by Gasteiger charge is 2.31. The summed E-state index contributed by atoms with van der Waals surface area (Å²) in [4.78, 5) is 11.7. The van der Waals surface area contributed by atoms with E-state index in [1.54, 1.807) is 12.1 Å². The molecule has 0 aliphatic rings. The van der Waals surface area contributed by atoms with Gasteiger partial charge >= 0.3 is 6.36 Å². The SMILES string of the molecule is C#Cc1ccc(CC(NC(C)=O)c2nnc(-c3cccc(OC(F)(F)F)c3)s2)cc1F. The Morgan fingerprint density at radius 2 is 2.03 bits per heavy atom. The molecule has 1 aromatic heterocycles. The number of carbonyl (C=O) groups excluding carboxylic acids is 1. The number of halogens is 4. The van der Waals surface area contributed by atoms with Gasteiger partial charge in [0.05, 0.1) is 11.6 Å². The number of hydrogen-bond donors (Lipinski definition) is 1. The minimum absolute atomic E-state index is 0.124. The maximum atomic E-state index is 14.0. The van der Waals surface area contributed by atoms with Crippen LogP contribution in [-0.2, 0) is 11.2 Å². The average Bonchev–Trinajstić information content (AvgIpc) is 3.16. The van der Waals surface area contributed by atoms with Gasteiger partial charge in [0.1, 0.15) is 21.6 Å². The smallest absolute Gasteiger partial charge is 0.406 e. The van der Waals surface area contributed by atoms with Gasteiger partial charge in [-0.2, -0.15) is 0 Å². The molecule has 0 saturated heterocycles. The Labute approximate surface area is 179 Å². The molecule has 1 N–H and O–H groups in total. The fraction of sp³-hybridized carbons (Fsp3) is 0.190. The molecule has 0 spiro atoms. The number of nitrogens with zero attached hydrogens (tertiary/aromatic N) is 2. The van der Waals surface area contributed by atoms with Crippen LogP contribution < -0.4 is 10.1 Å². The van der Waals surface area contributed by atoms with Crippen LogP contribution in [0.4, 0.5) is 17.6 Å². The van der Waals surface area contributed by atoms with Gasteiger partial charge in [-0.25, -0.2) is 4.39 Å². The van der Waals surface area contributed by atoms with Gasteiger partial charge in [0.25, 0.3) is 0 Å². The van der Waals surface area contributed by atoms with Crippen molar-refractivity contribution in [2.75, 3.05) is 0 Å². The number of nitrogens with one attached hydrogen (secondary N) is 1. The number of hydrogen-bond acceptors (Lipinski definition) is 5. The van der Waals surface area contributed by atoms with Gasteiger partial charge in [-0.05, 0) is 36.2 Å². The lowest BCUT2D eigenvalue weighted by molar-refractivity contribution is -0.274. The van der Waals surface area contributed by atoms with Crippen LogP contribution in [0.5, 0.6) is 5.75 Å². The van der Waals surface area contributed by atoms with Crippen LogP contribution in [0.1, 0.15) is 29.1 Å². The Morgan fingerprint density at radius 1 is 1.26 bits per heavy atom. The third-order valence-corrected chi connectivity index (χ3v) is 5.15. The summed E-state index contributed by atoms with van der Waals surface area (Å²) in [5, 5.41) is 11.6. The van der Waals surface area contributed by atoms with Crippen molar-refractivity contribution in [1.29, 1.82) is 0 Å². The summed E-state index contributed by atoms with van der Waals surface area (Å²) in [5.41, 5.74) is 1.07. The van der Waals surface area contributed by atoms with E-state index in [9.17, 15) is 22.4 Å². The first-order valence-corrected chi connectivity index (χ1v) is 9.68. The molecule has 5 nitrogen and oxygen atoms in total. The molecule has 0 bridgehead atoms. The van der Waals surface area contributed by atoms with E-state index < -0.39 is 18.2 Å². The molecule has 10 heteroatoms. The monoisotopic (exact) mass is 449 g/mol. The van der Waals surface area contributed by atoms with Gasteiger partial charge in [-0.15, -0.1) is 29.8 Å². The van der Waals surface area contributed by atoms with Crippen LogP contribution >= 0.6 is 11.3 Å². The topological polar surface area (TPSA) is 64.1 Å². The van der Waals surface area contributed by atoms with E-state index in [0.717, 1.165) is 11.3 Å². The summed E-state index contributed by atoms with van der Waals surface area (Å²) >= 11 is 1.09. The molecule has 2 aromatic carbocycles. The third kappa shape index (κ3) is 6.02. The van der Waals surface area contributed by atoms with Crippen molar-refractivity contribution < 1.29 is 27.1 Å². The van der Waals surface area contributed by atoms with Gasteiger partial charge in [-0.3, -0.25) is 4.79 Å². The number of alkyl halides is 3. The highest BCUT2D eigenvalue weighted by Crippen LogP contribution is 2.32. The Balaban J connectivity index is 1.86. The second-order valence-corrected chi connectivity index (χ2v) is 7.45. The van der Waals surface area contributed by atoms with Crippen LogP contribution in [0.15, 0.2) is 42.5 Å². The fourth-order valence-electron chi connectivity index (χ4n) is 2.80. The van der Waals surface area contributed by atoms with E-state index in [0.29, 0.717) is 21.1 Å². The number of aromatic nitrogens is 2. The maximum Gasteiger partial charge on any atom is 0.573 e. The van der Waals surface area contributed by atoms with E-state index in [-0.39, 0.29) is 23.6 Å². The van der Waals surface area contributed by atoms with Crippen molar-refractivity contribution >= 4 is 17.2 Å². The van der Waals surface area contributed by atoms with Crippen molar-refractivity contribution in [2.24, 2.45) is 0 Å². The first-order valence-electron chi connectivity index (χ1n) is 8.86. The second-order valence-electron chi connectivity index (χ2n) is 6.44. The van der Waals surface area contributed by atoms with E-state index >= 15 is 0 Å². The van der Waals surface area contributed by atoms with Crippen LogP contribution in [0.3, 0.4) is 0 Å². The van der Waals surface area contributed by atoms with Gasteiger partial charge in [0, 0.05) is 12.5 Å². The molecule has 160 valence electrons. The zero-order valence-electron chi connectivity index (χ0n) is 16.0. The lowest BCUT2D eigenvalue weighted by atomic mass is 10.0. The normalized spacial score (nSPS) is 12.1. The summed E-state index contributed by atoms with van der Waals surface area (Å²) in [6, 6.07) is 9.11. The van der Waals surface area contributed by atoms with Crippen LogP contribution in [0.2, 0.25) is 0 Å². The van der Waals surface area contributed by atoms with Crippen molar-refractivity contribution in [1.82, 2.24) is 15.5 Å². The molecule has 31 heavy (non-hydrogen) atoms. The minimum Gasteiger partial charge on any atom is -0.406 e. The molecule has 1 amide bonds. The van der Waals surface area contributed by atoms with Crippen LogP contribution in [0, 0.1) is 18.2 Å². The predicted octanol–water partition coefficient (Wildman–Crippen LogP) is 4.64. The number of terminal acetylenes is 1. The van der Waals surface area contributed by atoms with Crippen molar-refractivity contribution in [2.45, 2.75) is 25.7 Å². The molecule has 3 rings (SSSR count). The number of amides is 1. The maximum absolute atomic E-state index is 14.0. The number of carbonyl (C=O) groups is 1. The molecule has 1 atom stereocenters. The molecule has 0 aliphatic heterocycles. The summed E-state index contributed by atoms with van der Waals surface area (Å²) in [6.45, 7) is 1.33. The zero-order valence-corrected chi connectivity index (χ0v) is 16.9. The highest BCUT2D eigenvalue weighted by atomic mass is 32.1. The molecule has 0 fully saturated rings. The second kappa shape index (κ2) is 9.14. The van der Waals surface area contributed by atoms with E-state index in [2.05, 4.69) is 26.2 Å². The fourth-order valence-corrected chi connectivity index (χ4v) is 3.69. The molecule has 1 heterocycles. The molecule has 0 saturated carbocycles. The first kappa shape index (κ1) is 22.2. The third-order valence-electron chi connectivity index (χ3n) is 4.06. The van der Waals surface area contributed by atoms with Gasteiger partial charge in [0.2, 0.25) is 5.91 Å². The first-order chi connectivity index (χ1) is 14.6. The summed E-state index contributed by atoms with van der Waals surface area (Å²) in [5.74, 6) is 0.964. The van der Waals surface area contributed by atoms with E-state index in [1.165, 1.54) is 37.3 Å². The Hall–Kier alpha value is -3.45. The molecule has 0 radical (unpaired) electrons. The van der Waals surface area contributed by atoms with Crippen molar-refractivity contribution in [3.8, 4) is 28.7 Å². The van der Waals surface area contributed by atoms with Gasteiger partial charge in [0.15, 0.2) is 0 Å². The molecule has 1 unspecified atom stereocenters. The number of rotatable bonds is 6. The number of ether oxygens (including phenoxy) is 1. The largest absolute Gasteiger partial charge is 0.573 e. The predicted molar refractivity (Wildman–Crippen MR) is 107 cm³/mol. The molecular weight excluding hydrogens is 434 g/mol. The Kier molecular flexibility index (Phi) is 6.56. The molecule has 0 aliphatic carbocycles. The van der Waals surface area contributed by atoms with Gasteiger partial charge < -0.3 is 10.1 Å². The molecule has 3 aromatic rings. The van der Waals surface area contributed by atoms with E-state index in [1.807, 2.05) is 0 Å². The van der Waals surface area contributed by atoms with E-state index in [4.69, 9.17) is 6.42 Å². The number of benzene rings is 2. The average molecular weight is 449 g/mol. The highest BCUT2D eigenvalue weighted by molar-refractivity contribution is 7.14. The van der Waals surface area contributed by atoms with Crippen LogP contribution in [-0.4, -0.2) is 22.5 Å². The van der Waals surface area contributed by atoms with Crippen molar-refractivity contribution in [3.63, 3.8) is 0 Å². The standard InChI is InChI=1S/C21H15F4N3O2S/c1-3-14-8-7-13(9-17(14)22)10-18(26-12(2)29)20-28-27-19(31-20)15-5-4-6-16(11-15)30-21(23,24)25/h1,4-9,11,18H,10H2,2H3,(H,26,29). The lowest BCUT2D eigenvalue weighted by Gasteiger charge is -2.15. The molecular formula is C21H15F4N3O2S.